The number of rotatable bonds is 3. The van der Waals surface area contributed by atoms with Gasteiger partial charge in [-0.3, -0.25) is 4.79 Å². The highest BCUT2D eigenvalue weighted by Gasteiger charge is 2.22. The highest BCUT2D eigenvalue weighted by atomic mass is 16.4. The third-order valence-electron chi connectivity index (χ3n) is 2.95. The summed E-state index contributed by atoms with van der Waals surface area (Å²) in [6.07, 6.45) is 1.24. The number of hydrogen-bond acceptors (Lipinski definition) is 4. The average Bonchev–Trinajstić information content (AvgIpc) is 2.34. The van der Waals surface area contributed by atoms with Crippen molar-refractivity contribution in [3.8, 4) is 0 Å². The van der Waals surface area contributed by atoms with Crippen molar-refractivity contribution in [1.29, 1.82) is 0 Å². The fourth-order valence-corrected chi connectivity index (χ4v) is 1.97. The van der Waals surface area contributed by atoms with Crippen LogP contribution in [0.5, 0.6) is 0 Å². The van der Waals surface area contributed by atoms with Gasteiger partial charge in [-0.05, 0) is 18.6 Å². The van der Waals surface area contributed by atoms with E-state index >= 15 is 0 Å². The van der Waals surface area contributed by atoms with Crippen molar-refractivity contribution < 1.29 is 14.7 Å². The summed E-state index contributed by atoms with van der Waals surface area (Å²) < 4.78 is 0. The van der Waals surface area contributed by atoms with Gasteiger partial charge in [0.1, 0.15) is 5.82 Å². The van der Waals surface area contributed by atoms with Crippen LogP contribution in [-0.2, 0) is 4.79 Å². The second-order valence-corrected chi connectivity index (χ2v) is 4.37. The Bertz CT molecular complexity index is 475. The Balaban J connectivity index is 2.03. The lowest BCUT2D eigenvalue weighted by atomic mass is 10.1. The molecular formula is C12H15N3O3. The number of aromatic nitrogens is 1. The van der Waals surface area contributed by atoms with Gasteiger partial charge in [-0.2, -0.15) is 0 Å². The molecule has 1 aliphatic rings. The van der Waals surface area contributed by atoms with Crippen LogP contribution in [0.2, 0.25) is 0 Å². The van der Waals surface area contributed by atoms with Gasteiger partial charge in [0.2, 0.25) is 5.91 Å². The molecule has 1 amide bonds. The highest BCUT2D eigenvalue weighted by molar-refractivity contribution is 5.85. The summed E-state index contributed by atoms with van der Waals surface area (Å²) in [4.78, 5) is 27.8. The van der Waals surface area contributed by atoms with Crippen LogP contribution in [-0.4, -0.2) is 46.5 Å². The maximum absolute atomic E-state index is 11.3. The predicted molar refractivity (Wildman–Crippen MR) is 65.5 cm³/mol. The Morgan fingerprint density at radius 2 is 2.33 bits per heavy atom. The summed E-state index contributed by atoms with van der Waals surface area (Å²) in [7, 11) is 1.76. The van der Waals surface area contributed by atoms with Gasteiger partial charge in [0.15, 0.2) is 5.69 Å². The Morgan fingerprint density at radius 1 is 1.56 bits per heavy atom. The van der Waals surface area contributed by atoms with Crippen LogP contribution in [0, 0.1) is 0 Å². The first-order chi connectivity index (χ1) is 8.56. The van der Waals surface area contributed by atoms with E-state index in [1.807, 2.05) is 0 Å². The molecule has 0 aliphatic carbocycles. The molecule has 1 saturated heterocycles. The minimum Gasteiger partial charge on any atom is -0.477 e. The number of piperidine rings is 1. The van der Waals surface area contributed by atoms with Gasteiger partial charge in [-0.25, -0.2) is 9.78 Å². The van der Waals surface area contributed by atoms with E-state index in [-0.39, 0.29) is 17.6 Å². The smallest absolute Gasteiger partial charge is 0.354 e. The Labute approximate surface area is 105 Å². The molecule has 96 valence electrons. The molecule has 0 aromatic carbocycles. The van der Waals surface area contributed by atoms with Gasteiger partial charge in [0.05, 0.1) is 0 Å². The lowest BCUT2D eigenvalue weighted by Gasteiger charge is -2.30. The van der Waals surface area contributed by atoms with Gasteiger partial charge in [-0.1, -0.05) is 6.07 Å². The molecular weight excluding hydrogens is 234 g/mol. The monoisotopic (exact) mass is 249 g/mol. The fraction of sp³-hybridized carbons (Fsp3) is 0.417. The largest absolute Gasteiger partial charge is 0.477 e. The fourth-order valence-electron chi connectivity index (χ4n) is 1.97. The molecule has 2 rings (SSSR count). The molecule has 2 heterocycles. The van der Waals surface area contributed by atoms with E-state index in [4.69, 9.17) is 5.11 Å². The Hall–Kier alpha value is -2.11. The van der Waals surface area contributed by atoms with Gasteiger partial charge in [0, 0.05) is 26.1 Å². The van der Waals surface area contributed by atoms with Crippen LogP contribution in [0.15, 0.2) is 18.2 Å². The molecule has 1 aliphatic heterocycles. The second kappa shape index (κ2) is 5.03. The van der Waals surface area contributed by atoms with Gasteiger partial charge < -0.3 is 15.3 Å². The summed E-state index contributed by atoms with van der Waals surface area (Å²) in [6, 6.07) is 4.94. The molecule has 2 N–H and O–H groups in total. The molecule has 0 spiro atoms. The summed E-state index contributed by atoms with van der Waals surface area (Å²) in [5, 5.41) is 12.0. The van der Waals surface area contributed by atoms with E-state index in [9.17, 15) is 9.59 Å². The van der Waals surface area contributed by atoms with Crippen molar-refractivity contribution in [2.45, 2.75) is 18.9 Å². The van der Waals surface area contributed by atoms with Crippen molar-refractivity contribution in [2.24, 2.45) is 0 Å². The lowest BCUT2D eigenvalue weighted by Crippen LogP contribution is -2.43. The summed E-state index contributed by atoms with van der Waals surface area (Å²) in [5.74, 6) is -0.377. The van der Waals surface area contributed by atoms with E-state index in [0.29, 0.717) is 18.8 Å². The zero-order chi connectivity index (χ0) is 13.1. The first kappa shape index (κ1) is 12.3. The van der Waals surface area contributed by atoms with Crippen LogP contribution >= 0.6 is 0 Å². The Morgan fingerprint density at radius 3 is 3.00 bits per heavy atom. The van der Waals surface area contributed by atoms with Crippen LogP contribution in [0.4, 0.5) is 5.82 Å². The van der Waals surface area contributed by atoms with Crippen LogP contribution in [0.25, 0.3) is 0 Å². The minimum atomic E-state index is -1.05. The zero-order valence-corrected chi connectivity index (χ0v) is 10.1. The van der Waals surface area contributed by atoms with Crippen molar-refractivity contribution in [3.63, 3.8) is 0 Å². The molecule has 18 heavy (non-hydrogen) atoms. The number of likely N-dealkylation sites (N-methyl/N-ethyl adjacent to an activating group) is 1. The number of nitrogens with one attached hydrogen (secondary N) is 1. The van der Waals surface area contributed by atoms with Crippen LogP contribution in [0.1, 0.15) is 23.3 Å². The molecule has 1 aromatic rings. The number of nitrogens with zero attached hydrogens (tertiary/aromatic N) is 2. The molecule has 1 aromatic heterocycles. The average molecular weight is 249 g/mol. The molecule has 6 heteroatoms. The van der Waals surface area contributed by atoms with Crippen LogP contribution in [0.3, 0.4) is 0 Å². The topological polar surface area (TPSA) is 82.5 Å². The van der Waals surface area contributed by atoms with Crippen molar-refractivity contribution >= 4 is 17.7 Å². The SMILES string of the molecule is CN1CC(Nc2cccc(C(=O)O)n2)CCC1=O. The van der Waals surface area contributed by atoms with E-state index in [0.717, 1.165) is 6.42 Å². The zero-order valence-electron chi connectivity index (χ0n) is 10.1. The third kappa shape index (κ3) is 2.77. The first-order valence-electron chi connectivity index (χ1n) is 5.77. The number of anilines is 1. The van der Waals surface area contributed by atoms with Crippen molar-refractivity contribution in [1.82, 2.24) is 9.88 Å². The van der Waals surface area contributed by atoms with Crippen LogP contribution < -0.4 is 5.32 Å². The summed E-state index contributed by atoms with van der Waals surface area (Å²) >= 11 is 0. The highest BCUT2D eigenvalue weighted by Crippen LogP contribution is 2.14. The van der Waals surface area contributed by atoms with Crippen molar-refractivity contribution in [2.75, 3.05) is 18.9 Å². The molecule has 1 unspecified atom stereocenters. The van der Waals surface area contributed by atoms with Gasteiger partial charge >= 0.3 is 5.97 Å². The number of carbonyl (C=O) groups is 2. The van der Waals surface area contributed by atoms with Gasteiger partial charge in [-0.15, -0.1) is 0 Å². The number of aromatic carboxylic acids is 1. The molecule has 1 fully saturated rings. The normalized spacial score (nSPS) is 19.7. The summed E-state index contributed by atoms with van der Waals surface area (Å²) in [6.45, 7) is 0.609. The maximum atomic E-state index is 11.3. The second-order valence-electron chi connectivity index (χ2n) is 4.37. The first-order valence-corrected chi connectivity index (χ1v) is 5.77. The number of amides is 1. The number of carbonyl (C=O) groups excluding carboxylic acids is 1. The van der Waals surface area contributed by atoms with E-state index in [2.05, 4.69) is 10.3 Å². The number of carboxylic acids is 1. The molecule has 0 saturated carbocycles. The number of likely N-dealkylation sites (tertiary alicyclic amines) is 1. The third-order valence-corrected chi connectivity index (χ3v) is 2.95. The maximum Gasteiger partial charge on any atom is 0.354 e. The van der Waals surface area contributed by atoms with Crippen molar-refractivity contribution in [3.05, 3.63) is 23.9 Å². The minimum absolute atomic E-state index is 0.0141. The lowest BCUT2D eigenvalue weighted by molar-refractivity contribution is -0.132. The number of pyridine rings is 1. The standard InChI is InChI=1S/C12H15N3O3/c1-15-7-8(5-6-11(15)16)13-10-4-2-3-9(14-10)12(17)18/h2-4,8H,5-7H2,1H3,(H,13,14)(H,17,18). The predicted octanol–water partition coefficient (Wildman–Crippen LogP) is 0.812. The molecule has 1 atom stereocenters. The molecule has 6 nitrogen and oxygen atoms in total. The number of hydrogen-bond donors (Lipinski definition) is 2. The molecule has 0 radical (unpaired) electrons. The van der Waals surface area contributed by atoms with Gasteiger partial charge in [0.25, 0.3) is 0 Å². The van der Waals surface area contributed by atoms with E-state index in [1.54, 1.807) is 24.1 Å². The van der Waals surface area contributed by atoms with E-state index < -0.39 is 5.97 Å². The Kier molecular flexibility index (Phi) is 3.45. The van der Waals surface area contributed by atoms with E-state index in [1.165, 1.54) is 6.07 Å². The number of carboxylic acid groups (broad SMARTS) is 1. The quantitative estimate of drug-likeness (QED) is 0.828. The summed E-state index contributed by atoms with van der Waals surface area (Å²) in [5.41, 5.74) is 0.0141. The molecule has 0 bridgehead atoms.